The van der Waals surface area contributed by atoms with Gasteiger partial charge in [0.1, 0.15) is 11.4 Å². The molecule has 0 spiro atoms. The first-order chi connectivity index (χ1) is 15.5. The molecule has 2 aromatic carbocycles. The number of nitrogens with zero attached hydrogens (tertiary/aromatic N) is 2. The summed E-state index contributed by atoms with van der Waals surface area (Å²) in [7, 11) is 1.36. The van der Waals surface area contributed by atoms with Crippen LogP contribution in [-0.4, -0.2) is 35.8 Å². The van der Waals surface area contributed by atoms with Gasteiger partial charge >= 0.3 is 6.18 Å². The highest BCUT2D eigenvalue weighted by Gasteiger charge is 2.31. The molecule has 6 nitrogen and oxygen atoms in total. The van der Waals surface area contributed by atoms with E-state index in [2.05, 4.69) is 5.32 Å². The van der Waals surface area contributed by atoms with Gasteiger partial charge in [-0.15, -0.1) is 0 Å². The van der Waals surface area contributed by atoms with Crippen molar-refractivity contribution in [3.05, 3.63) is 64.8 Å². The molecule has 0 saturated carbocycles. The van der Waals surface area contributed by atoms with Crippen LogP contribution in [0.5, 0.6) is 5.75 Å². The van der Waals surface area contributed by atoms with Crippen LogP contribution in [0, 0.1) is 16.7 Å². The summed E-state index contributed by atoms with van der Waals surface area (Å²) in [4.78, 5) is 13.0. The zero-order chi connectivity index (χ0) is 24.4. The Hall–Kier alpha value is -3.51. The Bertz CT molecular complexity index is 1220. The number of carbonyl (C=O) groups is 1. The number of nitrogens with one attached hydrogen (secondary N) is 1. The van der Waals surface area contributed by atoms with E-state index in [1.807, 2.05) is 6.07 Å². The molecule has 174 valence electrons. The molecule has 0 saturated heterocycles. The lowest BCUT2D eigenvalue weighted by Gasteiger charge is -2.22. The summed E-state index contributed by atoms with van der Waals surface area (Å²) in [6.07, 6.45) is -4.53. The van der Waals surface area contributed by atoms with E-state index in [-0.39, 0.29) is 36.7 Å². The van der Waals surface area contributed by atoms with Crippen LogP contribution in [0.2, 0.25) is 0 Å². The topological polar surface area (TPSA) is 87.3 Å². The first kappa shape index (κ1) is 24.1. The largest absolute Gasteiger partial charge is 0.496 e. The van der Waals surface area contributed by atoms with Crippen LogP contribution < -0.4 is 10.1 Å². The molecule has 0 aliphatic rings. The molecule has 0 radical (unpaired) electrons. The average Bonchev–Trinajstić information content (AvgIpc) is 3.14. The Morgan fingerprint density at radius 3 is 2.52 bits per heavy atom. The number of hydrogen-bond acceptors (Lipinski definition) is 4. The fourth-order valence-corrected chi connectivity index (χ4v) is 3.41. The zero-order valence-electron chi connectivity index (χ0n) is 18.5. The van der Waals surface area contributed by atoms with Crippen molar-refractivity contribution in [1.82, 2.24) is 9.88 Å². The smallest absolute Gasteiger partial charge is 0.416 e. The van der Waals surface area contributed by atoms with Crippen LogP contribution in [-0.2, 0) is 12.7 Å². The number of rotatable bonds is 7. The number of benzene rings is 2. The quantitative estimate of drug-likeness (QED) is 0.550. The van der Waals surface area contributed by atoms with E-state index in [1.54, 1.807) is 42.7 Å². The van der Waals surface area contributed by atoms with Gasteiger partial charge in [0.05, 0.1) is 30.9 Å². The van der Waals surface area contributed by atoms with E-state index < -0.39 is 23.1 Å². The SMILES string of the molecule is COc1ccc(C(F)(F)F)cc1Cn1c(C(=O)NCC(C)(C)CO)cc2cc(C#N)ccc21. The van der Waals surface area contributed by atoms with Crippen LogP contribution in [0.3, 0.4) is 0 Å². The normalized spacial score (nSPS) is 11.9. The van der Waals surface area contributed by atoms with Crippen LogP contribution in [0.25, 0.3) is 10.9 Å². The minimum absolute atomic E-state index is 0.0609. The van der Waals surface area contributed by atoms with Gasteiger partial charge in [0.25, 0.3) is 5.91 Å². The highest BCUT2D eigenvalue weighted by molar-refractivity contribution is 5.99. The van der Waals surface area contributed by atoms with Gasteiger partial charge in [0, 0.05) is 35.0 Å². The second kappa shape index (κ2) is 9.16. The van der Waals surface area contributed by atoms with Gasteiger partial charge in [-0.05, 0) is 42.5 Å². The van der Waals surface area contributed by atoms with E-state index >= 15 is 0 Å². The highest BCUT2D eigenvalue weighted by Crippen LogP contribution is 2.34. The minimum Gasteiger partial charge on any atom is -0.496 e. The van der Waals surface area contributed by atoms with Gasteiger partial charge < -0.3 is 19.7 Å². The molecule has 0 fully saturated rings. The van der Waals surface area contributed by atoms with Crippen molar-refractivity contribution in [2.24, 2.45) is 5.41 Å². The van der Waals surface area contributed by atoms with Gasteiger partial charge in [-0.1, -0.05) is 13.8 Å². The van der Waals surface area contributed by atoms with Gasteiger partial charge in [-0.2, -0.15) is 18.4 Å². The summed E-state index contributed by atoms with van der Waals surface area (Å²) in [5.41, 5.74) is 0.0687. The van der Waals surface area contributed by atoms with Gasteiger partial charge in [0.15, 0.2) is 0 Å². The Morgan fingerprint density at radius 1 is 1.18 bits per heavy atom. The van der Waals surface area contributed by atoms with Crippen molar-refractivity contribution >= 4 is 16.8 Å². The molecule has 0 atom stereocenters. The third-order valence-electron chi connectivity index (χ3n) is 5.35. The number of fused-ring (bicyclic) bond motifs is 1. The lowest BCUT2D eigenvalue weighted by atomic mass is 9.95. The maximum Gasteiger partial charge on any atom is 0.416 e. The Morgan fingerprint density at radius 2 is 1.91 bits per heavy atom. The van der Waals surface area contributed by atoms with Crippen LogP contribution in [0.15, 0.2) is 42.5 Å². The number of aliphatic hydroxyl groups excluding tert-OH is 1. The number of amides is 1. The molecule has 0 bridgehead atoms. The van der Waals surface area contributed by atoms with E-state index in [0.29, 0.717) is 16.5 Å². The van der Waals surface area contributed by atoms with Gasteiger partial charge in [-0.25, -0.2) is 0 Å². The molecule has 3 rings (SSSR count). The molecule has 1 amide bonds. The van der Waals surface area contributed by atoms with Crippen LogP contribution in [0.1, 0.15) is 41.0 Å². The predicted octanol–water partition coefficient (Wildman–Crippen LogP) is 4.34. The summed E-state index contributed by atoms with van der Waals surface area (Å²) < 4.78 is 46.8. The number of alkyl halides is 3. The minimum atomic E-state index is -4.53. The number of aromatic nitrogens is 1. The van der Waals surface area contributed by atoms with Gasteiger partial charge in [0.2, 0.25) is 0 Å². The van der Waals surface area contributed by atoms with Crippen molar-refractivity contribution in [3.8, 4) is 11.8 Å². The maximum atomic E-state index is 13.3. The molecule has 9 heteroatoms. The lowest BCUT2D eigenvalue weighted by molar-refractivity contribution is -0.137. The molecular formula is C24H24F3N3O3. The van der Waals surface area contributed by atoms with Crippen molar-refractivity contribution in [3.63, 3.8) is 0 Å². The Kier molecular flexibility index (Phi) is 6.70. The fraction of sp³-hybridized carbons (Fsp3) is 0.333. The third-order valence-corrected chi connectivity index (χ3v) is 5.35. The number of nitriles is 1. The van der Waals surface area contributed by atoms with E-state index in [9.17, 15) is 28.3 Å². The Labute approximate surface area is 189 Å². The van der Waals surface area contributed by atoms with Crippen LogP contribution in [0.4, 0.5) is 13.2 Å². The second-order valence-electron chi connectivity index (χ2n) is 8.53. The highest BCUT2D eigenvalue weighted by atomic mass is 19.4. The molecule has 1 aromatic heterocycles. The zero-order valence-corrected chi connectivity index (χ0v) is 18.5. The lowest BCUT2D eigenvalue weighted by Crippen LogP contribution is -2.36. The first-order valence-corrected chi connectivity index (χ1v) is 10.2. The monoisotopic (exact) mass is 459 g/mol. The van der Waals surface area contributed by atoms with Gasteiger partial charge in [-0.3, -0.25) is 4.79 Å². The number of methoxy groups -OCH3 is 1. The average molecular weight is 459 g/mol. The maximum absolute atomic E-state index is 13.3. The van der Waals surface area contributed by atoms with E-state index in [4.69, 9.17) is 4.74 Å². The number of ether oxygens (including phenoxy) is 1. The molecule has 0 aliphatic carbocycles. The van der Waals surface area contributed by atoms with Crippen molar-refractivity contribution in [2.45, 2.75) is 26.6 Å². The molecule has 0 aliphatic heterocycles. The van der Waals surface area contributed by atoms with Crippen molar-refractivity contribution in [2.75, 3.05) is 20.3 Å². The first-order valence-electron chi connectivity index (χ1n) is 10.2. The third kappa shape index (κ3) is 5.29. The molecule has 1 heterocycles. The molecule has 0 unspecified atom stereocenters. The number of halogens is 3. The Balaban J connectivity index is 2.10. The van der Waals surface area contributed by atoms with E-state index in [1.165, 1.54) is 13.2 Å². The van der Waals surface area contributed by atoms with Crippen molar-refractivity contribution in [1.29, 1.82) is 5.26 Å². The van der Waals surface area contributed by atoms with E-state index in [0.717, 1.165) is 12.1 Å². The molecule has 3 aromatic rings. The summed E-state index contributed by atoms with van der Waals surface area (Å²) >= 11 is 0. The van der Waals surface area contributed by atoms with Crippen molar-refractivity contribution < 1.29 is 27.8 Å². The molecular weight excluding hydrogens is 435 g/mol. The fourth-order valence-electron chi connectivity index (χ4n) is 3.41. The number of carbonyl (C=O) groups excluding carboxylic acids is 1. The summed E-state index contributed by atoms with van der Waals surface area (Å²) in [6.45, 7) is 3.57. The number of hydrogen-bond donors (Lipinski definition) is 2. The summed E-state index contributed by atoms with van der Waals surface area (Å²) in [5.74, 6) is -0.191. The second-order valence-corrected chi connectivity index (χ2v) is 8.53. The standard InChI is InChI=1S/C24H24F3N3O3/c1-23(2,14-31)13-29-22(32)20-10-16-8-15(11-28)4-6-19(16)30(20)12-17-9-18(24(25,26)27)5-7-21(17)33-3/h4-10,31H,12-14H2,1-3H3,(H,29,32). The number of aliphatic hydroxyl groups is 1. The molecule has 2 N–H and O–H groups in total. The molecule has 33 heavy (non-hydrogen) atoms. The summed E-state index contributed by atoms with van der Waals surface area (Å²) in [6, 6.07) is 11.7. The summed E-state index contributed by atoms with van der Waals surface area (Å²) in [5, 5.41) is 22.0. The predicted molar refractivity (Wildman–Crippen MR) is 117 cm³/mol. The van der Waals surface area contributed by atoms with Crippen LogP contribution >= 0.6 is 0 Å².